The minimum Gasteiger partial charge on any atom is -0.462 e. The van der Waals surface area contributed by atoms with E-state index in [9.17, 15) is 19.0 Å². The van der Waals surface area contributed by atoms with Crippen molar-refractivity contribution in [1.29, 1.82) is 0 Å². The van der Waals surface area contributed by atoms with Gasteiger partial charge in [-0.1, -0.05) is 194 Å². The van der Waals surface area contributed by atoms with Crippen LogP contribution < -0.4 is 4.90 Å². The standard InChI is InChI=1S/C43H86NO8P.ClH/c1-5-7-9-11-13-15-17-19-21-23-25-27-29-31-33-35-42(45)49-39-41(40-51-53(47,48)50-38-37-44(3)4)52-43(46)36-34-32-30-28-26-24-22-20-18-16-14-12-10-8-6-2;/h41H,5-40H2,1-4H3,(H,47,48);1H/p+1. The number of nitrogens with one attached hydrogen (secondary N) is 1. The van der Waals surface area contributed by atoms with Gasteiger partial charge in [0.25, 0.3) is 0 Å². The number of ether oxygens (including phenoxy) is 2. The van der Waals surface area contributed by atoms with E-state index in [-0.39, 0.29) is 44.6 Å². The van der Waals surface area contributed by atoms with Crippen LogP contribution in [0.3, 0.4) is 0 Å². The van der Waals surface area contributed by atoms with Gasteiger partial charge in [0, 0.05) is 12.8 Å². The molecule has 0 radical (unpaired) electrons. The van der Waals surface area contributed by atoms with Crippen molar-refractivity contribution in [3.8, 4) is 0 Å². The van der Waals surface area contributed by atoms with Gasteiger partial charge in [-0.2, -0.15) is 0 Å². The molecular formula is C43H88ClNO8P+. The zero-order valence-electron chi connectivity index (χ0n) is 35.7. The molecule has 2 atom stereocenters. The van der Waals surface area contributed by atoms with Crippen molar-refractivity contribution in [3.63, 3.8) is 0 Å². The minimum absolute atomic E-state index is 0. The Kier molecular flexibility index (Phi) is 43.0. The maximum atomic E-state index is 12.6. The van der Waals surface area contributed by atoms with Crippen LogP contribution in [-0.2, 0) is 32.7 Å². The average molecular weight is 814 g/mol. The van der Waals surface area contributed by atoms with E-state index < -0.39 is 19.9 Å². The first-order valence-corrected chi connectivity index (χ1v) is 24.0. The Morgan fingerprint density at radius 1 is 0.519 bits per heavy atom. The van der Waals surface area contributed by atoms with Crippen LogP contribution in [0.25, 0.3) is 0 Å². The highest BCUT2D eigenvalue weighted by atomic mass is 35.5. The Morgan fingerprint density at radius 3 is 1.20 bits per heavy atom. The molecule has 0 aliphatic carbocycles. The van der Waals surface area contributed by atoms with Crippen LogP contribution in [-0.4, -0.2) is 63.4 Å². The number of carbonyl (C=O) groups is 2. The van der Waals surface area contributed by atoms with Gasteiger partial charge in [0.15, 0.2) is 6.10 Å². The van der Waals surface area contributed by atoms with Gasteiger partial charge in [-0.3, -0.25) is 18.6 Å². The number of quaternary nitrogens is 1. The molecule has 0 aromatic carbocycles. The molecule has 324 valence electrons. The lowest BCUT2D eigenvalue weighted by molar-refractivity contribution is -0.858. The summed E-state index contributed by atoms with van der Waals surface area (Å²) in [6.45, 7) is 4.50. The van der Waals surface area contributed by atoms with Gasteiger partial charge in [-0.15, -0.1) is 12.4 Å². The fraction of sp³-hybridized carbons (Fsp3) is 0.953. The van der Waals surface area contributed by atoms with Gasteiger partial charge < -0.3 is 19.3 Å². The molecule has 54 heavy (non-hydrogen) atoms. The van der Waals surface area contributed by atoms with Crippen molar-refractivity contribution in [2.75, 3.05) is 40.5 Å². The summed E-state index contributed by atoms with van der Waals surface area (Å²) in [5.41, 5.74) is 0. The first kappa shape index (κ1) is 55.4. The summed E-state index contributed by atoms with van der Waals surface area (Å²) < 4.78 is 33.5. The maximum Gasteiger partial charge on any atom is 0.472 e. The molecule has 11 heteroatoms. The van der Waals surface area contributed by atoms with E-state index in [0.29, 0.717) is 13.0 Å². The predicted octanol–water partition coefficient (Wildman–Crippen LogP) is 11.7. The van der Waals surface area contributed by atoms with E-state index in [0.717, 1.165) is 43.4 Å². The van der Waals surface area contributed by atoms with Gasteiger partial charge in [0.1, 0.15) is 19.8 Å². The van der Waals surface area contributed by atoms with Crippen LogP contribution in [0.1, 0.15) is 219 Å². The van der Waals surface area contributed by atoms with E-state index in [2.05, 4.69) is 13.8 Å². The number of rotatable bonds is 42. The zero-order valence-corrected chi connectivity index (χ0v) is 37.4. The van der Waals surface area contributed by atoms with E-state index in [4.69, 9.17) is 18.5 Å². The molecule has 0 fully saturated rings. The fourth-order valence-electron chi connectivity index (χ4n) is 6.48. The Bertz CT molecular complexity index is 865. The number of phosphoric ester groups is 1. The van der Waals surface area contributed by atoms with Crippen LogP contribution in [0, 0.1) is 0 Å². The van der Waals surface area contributed by atoms with Crippen LogP contribution >= 0.6 is 20.2 Å². The molecule has 0 spiro atoms. The van der Waals surface area contributed by atoms with Crippen LogP contribution in [0.5, 0.6) is 0 Å². The summed E-state index contributed by atoms with van der Waals surface area (Å²) in [4.78, 5) is 36.3. The first-order valence-electron chi connectivity index (χ1n) is 22.5. The van der Waals surface area contributed by atoms with Gasteiger partial charge >= 0.3 is 19.8 Å². The fourth-order valence-corrected chi connectivity index (χ4v) is 7.23. The number of likely N-dealkylation sites (N-methyl/N-ethyl adjacent to an activating group) is 1. The molecule has 0 aliphatic rings. The summed E-state index contributed by atoms with van der Waals surface area (Å²) in [5, 5.41) is 0. The second-order valence-electron chi connectivity index (χ2n) is 15.7. The molecule has 2 unspecified atom stereocenters. The molecule has 0 heterocycles. The molecule has 2 N–H and O–H groups in total. The smallest absolute Gasteiger partial charge is 0.462 e. The van der Waals surface area contributed by atoms with E-state index in [1.54, 1.807) is 0 Å². The van der Waals surface area contributed by atoms with E-state index in [1.807, 2.05) is 14.1 Å². The average Bonchev–Trinajstić information content (AvgIpc) is 3.12. The lowest BCUT2D eigenvalue weighted by atomic mass is 10.0. The number of carbonyl (C=O) groups excluding carboxylic acids is 2. The number of hydrogen-bond acceptors (Lipinski definition) is 7. The number of halogens is 1. The highest BCUT2D eigenvalue weighted by molar-refractivity contribution is 7.47. The summed E-state index contributed by atoms with van der Waals surface area (Å²) in [7, 11) is -0.516. The second-order valence-corrected chi connectivity index (χ2v) is 17.2. The predicted molar refractivity (Wildman–Crippen MR) is 227 cm³/mol. The lowest BCUT2D eigenvalue weighted by Gasteiger charge is -2.20. The monoisotopic (exact) mass is 813 g/mol. The van der Waals surface area contributed by atoms with Crippen molar-refractivity contribution in [2.24, 2.45) is 0 Å². The lowest BCUT2D eigenvalue weighted by Crippen LogP contribution is -3.06. The first-order chi connectivity index (χ1) is 25.7. The van der Waals surface area contributed by atoms with E-state index in [1.165, 1.54) is 154 Å². The summed E-state index contributed by atoms with van der Waals surface area (Å²) >= 11 is 0. The Morgan fingerprint density at radius 2 is 0.852 bits per heavy atom. The van der Waals surface area contributed by atoms with Crippen molar-refractivity contribution >= 4 is 32.2 Å². The molecule has 0 rings (SSSR count). The van der Waals surface area contributed by atoms with Crippen LogP contribution in [0.4, 0.5) is 0 Å². The summed E-state index contributed by atoms with van der Waals surface area (Å²) in [6, 6.07) is 0. The number of hydrogen-bond donors (Lipinski definition) is 2. The van der Waals surface area contributed by atoms with Crippen LogP contribution in [0.15, 0.2) is 0 Å². The van der Waals surface area contributed by atoms with Crippen molar-refractivity contribution in [1.82, 2.24) is 0 Å². The van der Waals surface area contributed by atoms with Crippen molar-refractivity contribution in [2.45, 2.75) is 225 Å². The Labute approximate surface area is 339 Å². The number of phosphoric acid groups is 1. The Hall–Kier alpha value is -0.700. The molecule has 0 aliphatic heterocycles. The number of esters is 2. The molecule has 0 aromatic rings. The highest BCUT2D eigenvalue weighted by Crippen LogP contribution is 2.43. The second kappa shape index (κ2) is 41.9. The Balaban J connectivity index is 0. The molecule has 0 saturated heterocycles. The van der Waals surface area contributed by atoms with E-state index >= 15 is 0 Å². The van der Waals surface area contributed by atoms with Crippen molar-refractivity contribution in [3.05, 3.63) is 0 Å². The van der Waals surface area contributed by atoms with Crippen LogP contribution in [0.2, 0.25) is 0 Å². The molecular weight excluding hydrogens is 725 g/mol. The third kappa shape index (κ3) is 42.4. The molecule has 0 bridgehead atoms. The summed E-state index contributed by atoms with van der Waals surface area (Å²) in [5.74, 6) is -0.780. The van der Waals surface area contributed by atoms with Gasteiger partial charge in [0.2, 0.25) is 0 Å². The molecule has 0 saturated carbocycles. The minimum atomic E-state index is -4.34. The van der Waals surface area contributed by atoms with Crippen molar-refractivity contribution < 1.29 is 42.5 Å². The molecule has 0 amide bonds. The van der Waals surface area contributed by atoms with Gasteiger partial charge in [-0.25, -0.2) is 4.57 Å². The molecule has 0 aromatic heterocycles. The largest absolute Gasteiger partial charge is 0.472 e. The number of unbranched alkanes of at least 4 members (excludes halogenated alkanes) is 28. The molecule has 9 nitrogen and oxygen atoms in total. The summed E-state index contributed by atoms with van der Waals surface area (Å²) in [6.07, 6.45) is 37.1. The topological polar surface area (TPSA) is 113 Å². The maximum absolute atomic E-state index is 12.6. The third-order valence-electron chi connectivity index (χ3n) is 9.98. The highest BCUT2D eigenvalue weighted by Gasteiger charge is 2.26. The normalized spacial score (nSPS) is 13.1. The SMILES string of the molecule is CCCCCCCCCCCCCCCCCC(=O)OCC(COP(=O)(O)OCC[NH+](C)C)OC(=O)CCCCCCCCCCCCCCCCC.Cl. The third-order valence-corrected chi connectivity index (χ3v) is 11.0. The quantitative estimate of drug-likeness (QED) is 0.0356. The van der Waals surface area contributed by atoms with Gasteiger partial charge in [0.05, 0.1) is 20.7 Å². The zero-order chi connectivity index (χ0) is 39.1. The van der Waals surface area contributed by atoms with Gasteiger partial charge in [-0.05, 0) is 12.8 Å².